The summed E-state index contributed by atoms with van der Waals surface area (Å²) in [5.74, 6) is 1.59. The third kappa shape index (κ3) is 3.18. The maximum absolute atomic E-state index is 6.26. The number of hydrogen-bond acceptors (Lipinski definition) is 4. The van der Waals surface area contributed by atoms with Crippen LogP contribution in [0.5, 0.6) is 11.5 Å². The molecule has 1 N–H and O–H groups in total. The fraction of sp³-hybridized carbons (Fsp3) is 0.130. The molecule has 0 saturated carbocycles. The van der Waals surface area contributed by atoms with E-state index in [9.17, 15) is 0 Å². The van der Waals surface area contributed by atoms with Crippen LogP contribution in [0.4, 0.5) is 0 Å². The second kappa shape index (κ2) is 6.98. The number of hydrogen-bond donors (Lipinski definition) is 1. The summed E-state index contributed by atoms with van der Waals surface area (Å²) < 4.78 is 13.3. The zero-order chi connectivity index (χ0) is 19.8. The van der Waals surface area contributed by atoms with E-state index < -0.39 is 0 Å². The van der Waals surface area contributed by atoms with Crippen LogP contribution in [0.3, 0.4) is 0 Å². The summed E-state index contributed by atoms with van der Waals surface area (Å²) in [6.45, 7) is 2.53. The third-order valence-corrected chi connectivity index (χ3v) is 5.03. The minimum atomic E-state index is 0.446. The highest BCUT2D eigenvalue weighted by atomic mass is 16.5. The predicted molar refractivity (Wildman–Crippen MR) is 112 cm³/mol. The molecule has 144 valence electrons. The Morgan fingerprint density at radius 1 is 1.00 bits per heavy atom. The van der Waals surface area contributed by atoms with Crippen LogP contribution in [-0.2, 0) is 6.61 Å². The third-order valence-electron chi connectivity index (χ3n) is 5.03. The van der Waals surface area contributed by atoms with Gasteiger partial charge in [0.2, 0.25) is 0 Å². The number of pyridine rings is 1. The molecule has 3 heterocycles. The van der Waals surface area contributed by atoms with Crippen molar-refractivity contribution in [3.8, 4) is 22.6 Å². The van der Waals surface area contributed by atoms with Crippen LogP contribution >= 0.6 is 0 Å². The molecule has 3 aromatic heterocycles. The quantitative estimate of drug-likeness (QED) is 0.474. The fourth-order valence-electron chi connectivity index (χ4n) is 3.42. The minimum Gasteiger partial charge on any atom is -0.497 e. The lowest BCUT2D eigenvalue weighted by Crippen LogP contribution is -1.99. The van der Waals surface area contributed by atoms with Gasteiger partial charge in [-0.3, -0.25) is 5.10 Å². The number of fused-ring (bicyclic) bond motifs is 3. The lowest BCUT2D eigenvalue weighted by atomic mass is 10.1. The second-order valence-electron chi connectivity index (χ2n) is 7.02. The maximum atomic E-state index is 6.26. The Morgan fingerprint density at radius 2 is 1.79 bits per heavy atom. The van der Waals surface area contributed by atoms with E-state index in [0.29, 0.717) is 6.61 Å². The number of rotatable bonds is 5. The molecule has 0 fully saturated rings. The summed E-state index contributed by atoms with van der Waals surface area (Å²) >= 11 is 0. The van der Waals surface area contributed by atoms with Crippen molar-refractivity contribution in [3.63, 3.8) is 0 Å². The summed E-state index contributed by atoms with van der Waals surface area (Å²) in [5, 5.41) is 12.6. The van der Waals surface area contributed by atoms with E-state index in [4.69, 9.17) is 9.47 Å². The molecule has 0 aliphatic rings. The highest BCUT2D eigenvalue weighted by Gasteiger charge is 2.15. The normalized spacial score (nSPS) is 11.2. The van der Waals surface area contributed by atoms with Gasteiger partial charge in [-0.15, -0.1) is 5.10 Å². The highest BCUT2D eigenvalue weighted by molar-refractivity contribution is 5.96. The first-order chi connectivity index (χ1) is 14.2. The topological polar surface area (TPSA) is 64.4 Å². The van der Waals surface area contributed by atoms with Gasteiger partial charge in [0, 0.05) is 11.8 Å². The molecule has 0 bridgehead atoms. The first-order valence-electron chi connectivity index (χ1n) is 9.39. The van der Waals surface area contributed by atoms with E-state index >= 15 is 0 Å². The van der Waals surface area contributed by atoms with Gasteiger partial charge in [0.05, 0.1) is 18.7 Å². The SMILES string of the molecule is COc1ccc(COc2cc(-c3ccc(C)cc3)cn3nc4[nH]ncc4c23)cc1. The Balaban J connectivity index is 1.57. The van der Waals surface area contributed by atoms with Crippen LogP contribution in [0, 0.1) is 6.92 Å². The zero-order valence-corrected chi connectivity index (χ0v) is 16.2. The zero-order valence-electron chi connectivity index (χ0n) is 16.2. The Labute approximate surface area is 167 Å². The molecule has 0 saturated heterocycles. The summed E-state index contributed by atoms with van der Waals surface area (Å²) in [7, 11) is 1.66. The van der Waals surface area contributed by atoms with Gasteiger partial charge < -0.3 is 9.47 Å². The van der Waals surface area contributed by atoms with Gasteiger partial charge >= 0.3 is 0 Å². The number of H-pyrrole nitrogens is 1. The maximum Gasteiger partial charge on any atom is 0.178 e. The highest BCUT2D eigenvalue weighted by Crippen LogP contribution is 2.33. The van der Waals surface area contributed by atoms with Crippen LogP contribution < -0.4 is 9.47 Å². The van der Waals surface area contributed by atoms with Gasteiger partial charge in [-0.05, 0) is 36.2 Å². The second-order valence-corrected chi connectivity index (χ2v) is 7.02. The number of nitrogens with one attached hydrogen (secondary N) is 1. The molecule has 5 aromatic rings. The van der Waals surface area contributed by atoms with Crippen LogP contribution in [0.2, 0.25) is 0 Å². The average Bonchev–Trinajstić information content (AvgIpc) is 3.34. The molecule has 5 rings (SSSR count). The molecule has 0 atom stereocenters. The van der Waals surface area contributed by atoms with Crippen molar-refractivity contribution < 1.29 is 9.47 Å². The Kier molecular flexibility index (Phi) is 4.17. The first-order valence-corrected chi connectivity index (χ1v) is 9.39. The predicted octanol–water partition coefficient (Wildman–Crippen LogP) is 4.77. The number of aromatic amines is 1. The van der Waals surface area contributed by atoms with E-state index in [1.807, 2.05) is 35.0 Å². The molecule has 0 amide bonds. The van der Waals surface area contributed by atoms with Crippen molar-refractivity contribution in [1.29, 1.82) is 0 Å². The van der Waals surface area contributed by atoms with E-state index in [2.05, 4.69) is 52.6 Å². The van der Waals surface area contributed by atoms with Gasteiger partial charge in [0.25, 0.3) is 0 Å². The molecule has 0 aliphatic heterocycles. The van der Waals surface area contributed by atoms with Crippen molar-refractivity contribution >= 4 is 16.6 Å². The molecular formula is C23H20N4O2. The van der Waals surface area contributed by atoms with Crippen molar-refractivity contribution in [2.45, 2.75) is 13.5 Å². The molecule has 0 aliphatic carbocycles. The fourth-order valence-corrected chi connectivity index (χ4v) is 3.42. The smallest absolute Gasteiger partial charge is 0.178 e. The molecule has 2 aromatic carbocycles. The van der Waals surface area contributed by atoms with Crippen LogP contribution in [-0.4, -0.2) is 26.9 Å². The van der Waals surface area contributed by atoms with E-state index in [-0.39, 0.29) is 0 Å². The van der Waals surface area contributed by atoms with Crippen LogP contribution in [0.1, 0.15) is 11.1 Å². The summed E-state index contributed by atoms with van der Waals surface area (Å²) in [6, 6.07) is 18.4. The Morgan fingerprint density at radius 3 is 2.55 bits per heavy atom. The molecule has 29 heavy (non-hydrogen) atoms. The van der Waals surface area contributed by atoms with Crippen molar-refractivity contribution in [1.82, 2.24) is 19.8 Å². The van der Waals surface area contributed by atoms with Crippen LogP contribution in [0.25, 0.3) is 27.7 Å². The Bertz CT molecular complexity index is 1280. The van der Waals surface area contributed by atoms with Crippen molar-refractivity contribution in [2.75, 3.05) is 7.11 Å². The monoisotopic (exact) mass is 384 g/mol. The summed E-state index contributed by atoms with van der Waals surface area (Å²) in [4.78, 5) is 0. The molecule has 0 spiro atoms. The number of aromatic nitrogens is 4. The molecule has 0 unspecified atom stereocenters. The minimum absolute atomic E-state index is 0.446. The number of methoxy groups -OCH3 is 1. The molecular weight excluding hydrogens is 364 g/mol. The van der Waals surface area contributed by atoms with E-state index in [1.165, 1.54) is 5.56 Å². The lowest BCUT2D eigenvalue weighted by Gasteiger charge is -2.11. The molecule has 6 nitrogen and oxygen atoms in total. The standard InChI is InChI=1S/C23H20N4O2/c1-15-3-7-17(8-4-15)18-11-21(29-14-16-5-9-19(28-2)10-6-16)22-20-12-24-25-23(20)26-27(22)13-18/h3-13H,14H2,1-2H3,(H,25,26). The van der Waals surface area contributed by atoms with Gasteiger partial charge in [-0.2, -0.15) is 5.10 Å². The first kappa shape index (κ1) is 17.3. The molecule has 6 heteroatoms. The summed E-state index contributed by atoms with van der Waals surface area (Å²) in [6.07, 6.45) is 3.80. The van der Waals surface area contributed by atoms with Gasteiger partial charge in [-0.25, -0.2) is 4.52 Å². The number of aryl methyl sites for hydroxylation is 1. The largest absolute Gasteiger partial charge is 0.497 e. The van der Waals surface area contributed by atoms with Crippen molar-refractivity contribution in [3.05, 3.63) is 78.1 Å². The van der Waals surface area contributed by atoms with E-state index in [1.54, 1.807) is 13.3 Å². The number of benzene rings is 2. The van der Waals surface area contributed by atoms with Crippen LogP contribution in [0.15, 0.2) is 67.0 Å². The van der Waals surface area contributed by atoms with Gasteiger partial charge in [-0.1, -0.05) is 42.0 Å². The van der Waals surface area contributed by atoms with E-state index in [0.717, 1.165) is 44.7 Å². The summed E-state index contributed by atoms with van der Waals surface area (Å²) in [5.41, 5.74) is 6.08. The van der Waals surface area contributed by atoms with Crippen molar-refractivity contribution in [2.24, 2.45) is 0 Å². The lowest BCUT2D eigenvalue weighted by molar-refractivity contribution is 0.308. The number of nitrogens with zero attached hydrogens (tertiary/aromatic N) is 3. The Hall–Kier alpha value is -3.80. The molecule has 0 radical (unpaired) electrons. The number of ether oxygens (including phenoxy) is 2. The van der Waals surface area contributed by atoms with Gasteiger partial charge in [0.1, 0.15) is 23.6 Å². The average molecular weight is 384 g/mol. The van der Waals surface area contributed by atoms with Gasteiger partial charge in [0.15, 0.2) is 5.65 Å².